The molecule has 0 aromatic carbocycles. The average molecular weight is 466 g/mol. The van der Waals surface area contributed by atoms with Crippen molar-refractivity contribution in [3.05, 3.63) is 11.6 Å². The number of amides is 2. The van der Waals surface area contributed by atoms with E-state index in [0.717, 1.165) is 25.8 Å². The molecule has 33 heavy (non-hydrogen) atoms. The van der Waals surface area contributed by atoms with Crippen molar-refractivity contribution >= 4 is 17.8 Å². The van der Waals surface area contributed by atoms with Gasteiger partial charge in [0.25, 0.3) is 0 Å². The van der Waals surface area contributed by atoms with Crippen molar-refractivity contribution in [1.29, 1.82) is 0 Å². The summed E-state index contributed by atoms with van der Waals surface area (Å²) in [5.74, 6) is -0.538. The van der Waals surface area contributed by atoms with Crippen LogP contribution >= 0.6 is 0 Å². The molecule has 3 atom stereocenters. The maximum absolute atomic E-state index is 13.7. The van der Waals surface area contributed by atoms with Crippen molar-refractivity contribution in [3.63, 3.8) is 0 Å². The number of nitrogens with zero attached hydrogens (tertiary/aromatic N) is 2. The molecule has 1 aliphatic heterocycles. The summed E-state index contributed by atoms with van der Waals surface area (Å²) in [5.41, 5.74) is 0.000989. The van der Waals surface area contributed by atoms with Crippen LogP contribution in [-0.4, -0.2) is 72.0 Å². The van der Waals surface area contributed by atoms with E-state index in [4.69, 9.17) is 4.74 Å². The Hall–Kier alpha value is -1.89. The van der Waals surface area contributed by atoms with E-state index < -0.39 is 11.5 Å². The third kappa shape index (κ3) is 8.13. The van der Waals surface area contributed by atoms with Crippen molar-refractivity contribution in [2.24, 2.45) is 11.3 Å². The lowest BCUT2D eigenvalue weighted by Crippen LogP contribution is -2.60. The minimum atomic E-state index is -0.677. The third-order valence-electron chi connectivity index (χ3n) is 6.41. The van der Waals surface area contributed by atoms with E-state index in [1.165, 1.54) is 0 Å². The molecule has 1 N–H and O–H groups in total. The summed E-state index contributed by atoms with van der Waals surface area (Å²) in [4.78, 5) is 43.1. The summed E-state index contributed by atoms with van der Waals surface area (Å²) in [6.07, 6.45) is 4.71. The third-order valence-corrected chi connectivity index (χ3v) is 6.41. The molecule has 0 spiro atoms. The Morgan fingerprint density at radius 2 is 1.76 bits per heavy atom. The minimum absolute atomic E-state index is 0.0782. The number of esters is 1. The Labute approximate surface area is 201 Å². The van der Waals surface area contributed by atoms with Gasteiger partial charge in [-0.05, 0) is 58.4 Å². The Kier molecular flexibility index (Phi) is 11.1. The summed E-state index contributed by atoms with van der Waals surface area (Å²) >= 11 is 0. The lowest BCUT2D eigenvalue weighted by atomic mass is 9.84. The van der Waals surface area contributed by atoms with Gasteiger partial charge in [0.1, 0.15) is 6.04 Å². The Morgan fingerprint density at radius 3 is 2.24 bits per heavy atom. The van der Waals surface area contributed by atoms with Crippen molar-refractivity contribution in [2.75, 3.05) is 20.2 Å². The largest absolute Gasteiger partial charge is 0.463 e. The molecule has 1 heterocycles. The predicted molar refractivity (Wildman–Crippen MR) is 133 cm³/mol. The highest BCUT2D eigenvalue weighted by Crippen LogP contribution is 2.26. The molecular formula is C26H47N3O4. The SMILES string of the molecule is CCOC(=O)C(C)=CC(C(C)C)N(C)C(=O)[C@H](NC(=O)[C@@H]1CCCCN1C(C)C)C(C)(C)C. The van der Waals surface area contributed by atoms with Gasteiger partial charge in [0.15, 0.2) is 0 Å². The first kappa shape index (κ1) is 29.1. The van der Waals surface area contributed by atoms with E-state index in [-0.39, 0.29) is 41.8 Å². The second-order valence-electron chi connectivity index (χ2n) is 10.9. The second kappa shape index (κ2) is 12.5. The molecule has 0 bridgehead atoms. The highest BCUT2D eigenvalue weighted by molar-refractivity contribution is 5.91. The summed E-state index contributed by atoms with van der Waals surface area (Å²) < 4.78 is 5.10. The van der Waals surface area contributed by atoms with Gasteiger partial charge in [0, 0.05) is 18.7 Å². The number of nitrogens with one attached hydrogen (secondary N) is 1. The van der Waals surface area contributed by atoms with Gasteiger partial charge in [-0.3, -0.25) is 14.5 Å². The maximum atomic E-state index is 13.7. The highest BCUT2D eigenvalue weighted by atomic mass is 16.5. The Balaban J connectivity index is 3.15. The van der Waals surface area contributed by atoms with Crippen LogP contribution in [0.3, 0.4) is 0 Å². The molecule has 190 valence electrons. The first-order valence-corrected chi connectivity index (χ1v) is 12.4. The van der Waals surface area contributed by atoms with Gasteiger partial charge in [0.2, 0.25) is 11.8 Å². The molecule has 1 aliphatic rings. The van der Waals surface area contributed by atoms with Crippen molar-refractivity contribution in [1.82, 2.24) is 15.1 Å². The van der Waals surface area contributed by atoms with Crippen LogP contribution in [0.4, 0.5) is 0 Å². The fraction of sp³-hybridized carbons (Fsp3) is 0.808. The molecule has 0 radical (unpaired) electrons. The molecule has 1 saturated heterocycles. The normalized spacial score (nSPS) is 19.9. The minimum Gasteiger partial charge on any atom is -0.463 e. The number of carbonyl (C=O) groups excluding carboxylic acids is 3. The number of likely N-dealkylation sites (tertiary alicyclic amines) is 1. The summed E-state index contributed by atoms with van der Waals surface area (Å²) in [7, 11) is 1.74. The molecule has 0 aliphatic carbocycles. The topological polar surface area (TPSA) is 79.0 Å². The monoisotopic (exact) mass is 465 g/mol. The molecule has 0 aromatic rings. The number of ether oxygens (including phenoxy) is 1. The molecule has 1 rings (SSSR count). The van der Waals surface area contributed by atoms with Gasteiger partial charge in [0.05, 0.1) is 18.7 Å². The van der Waals surface area contributed by atoms with Crippen LogP contribution in [0.15, 0.2) is 11.6 Å². The predicted octanol–water partition coefficient (Wildman–Crippen LogP) is 3.77. The van der Waals surface area contributed by atoms with Crippen LogP contribution in [0.25, 0.3) is 0 Å². The van der Waals surface area contributed by atoms with Crippen LogP contribution in [0.2, 0.25) is 0 Å². The van der Waals surface area contributed by atoms with Crippen LogP contribution < -0.4 is 5.32 Å². The van der Waals surface area contributed by atoms with Gasteiger partial charge >= 0.3 is 5.97 Å². The fourth-order valence-electron chi connectivity index (χ4n) is 4.41. The van der Waals surface area contributed by atoms with E-state index in [9.17, 15) is 14.4 Å². The zero-order chi connectivity index (χ0) is 25.5. The lowest BCUT2D eigenvalue weighted by molar-refractivity contribution is -0.142. The van der Waals surface area contributed by atoms with Crippen LogP contribution in [0, 0.1) is 11.3 Å². The van der Waals surface area contributed by atoms with Crippen molar-refractivity contribution in [3.8, 4) is 0 Å². The first-order chi connectivity index (χ1) is 15.2. The van der Waals surface area contributed by atoms with E-state index >= 15 is 0 Å². The second-order valence-corrected chi connectivity index (χ2v) is 10.9. The van der Waals surface area contributed by atoms with E-state index in [2.05, 4.69) is 24.1 Å². The number of rotatable bonds is 9. The zero-order valence-electron chi connectivity index (χ0n) is 22.5. The molecule has 1 unspecified atom stereocenters. The van der Waals surface area contributed by atoms with Gasteiger partial charge in [-0.1, -0.05) is 47.1 Å². The maximum Gasteiger partial charge on any atom is 0.333 e. The van der Waals surface area contributed by atoms with Gasteiger partial charge in [-0.15, -0.1) is 0 Å². The average Bonchev–Trinajstić information content (AvgIpc) is 2.73. The summed E-state index contributed by atoms with van der Waals surface area (Å²) in [6.45, 7) is 18.8. The Bertz CT molecular complexity index is 709. The highest BCUT2D eigenvalue weighted by Gasteiger charge is 2.39. The fourth-order valence-corrected chi connectivity index (χ4v) is 4.41. The number of carbonyl (C=O) groups is 3. The van der Waals surface area contributed by atoms with Crippen molar-refractivity contribution in [2.45, 2.75) is 106 Å². The van der Waals surface area contributed by atoms with Crippen molar-refractivity contribution < 1.29 is 19.1 Å². The van der Waals surface area contributed by atoms with Crippen LogP contribution in [-0.2, 0) is 19.1 Å². The molecule has 2 amide bonds. The Morgan fingerprint density at radius 1 is 1.15 bits per heavy atom. The number of likely N-dealkylation sites (N-methyl/N-ethyl adjacent to an activating group) is 1. The molecule has 0 aromatic heterocycles. The van der Waals surface area contributed by atoms with Crippen LogP contribution in [0.1, 0.15) is 81.6 Å². The lowest BCUT2D eigenvalue weighted by Gasteiger charge is -2.41. The van der Waals surface area contributed by atoms with Gasteiger partial charge < -0.3 is 15.0 Å². The van der Waals surface area contributed by atoms with Gasteiger partial charge in [-0.25, -0.2) is 4.79 Å². The number of hydrogen-bond donors (Lipinski definition) is 1. The van der Waals surface area contributed by atoms with E-state index in [1.807, 2.05) is 34.6 Å². The zero-order valence-corrected chi connectivity index (χ0v) is 22.5. The smallest absolute Gasteiger partial charge is 0.333 e. The summed E-state index contributed by atoms with van der Waals surface area (Å²) in [6, 6.07) is -0.920. The molecule has 1 fully saturated rings. The number of piperidine rings is 1. The van der Waals surface area contributed by atoms with Crippen LogP contribution in [0.5, 0.6) is 0 Å². The van der Waals surface area contributed by atoms with E-state index in [0.29, 0.717) is 12.2 Å². The van der Waals surface area contributed by atoms with E-state index in [1.54, 1.807) is 31.9 Å². The molecule has 7 nitrogen and oxygen atoms in total. The molecular weight excluding hydrogens is 418 g/mol. The first-order valence-electron chi connectivity index (χ1n) is 12.4. The number of hydrogen-bond acceptors (Lipinski definition) is 5. The molecule has 0 saturated carbocycles. The molecule has 7 heteroatoms. The quantitative estimate of drug-likeness (QED) is 0.414. The van der Waals surface area contributed by atoms with Gasteiger partial charge in [-0.2, -0.15) is 0 Å². The summed E-state index contributed by atoms with van der Waals surface area (Å²) in [5, 5.41) is 3.10. The standard InChI is InChI=1S/C26H47N3O4/c1-11-33-25(32)19(6)16-21(17(2)3)28(10)24(31)22(26(7,8)9)27-23(30)20-14-12-13-15-29(20)18(4)5/h16-18,20-22H,11-15H2,1-10H3,(H,27,30)/t20-,21?,22-/m0/s1.